The van der Waals surface area contributed by atoms with Gasteiger partial charge in [0, 0.05) is 30.4 Å². The van der Waals surface area contributed by atoms with Gasteiger partial charge in [-0.1, -0.05) is 0 Å². The molecular weight excluding hydrogens is 398 g/mol. The van der Waals surface area contributed by atoms with E-state index in [0.717, 1.165) is 24.0 Å². The zero-order valence-corrected chi connectivity index (χ0v) is 17.3. The van der Waals surface area contributed by atoms with E-state index in [0.29, 0.717) is 29.6 Å². The van der Waals surface area contributed by atoms with Crippen LogP contribution in [0.3, 0.4) is 0 Å². The number of ether oxygens (including phenoxy) is 3. The van der Waals surface area contributed by atoms with E-state index >= 15 is 0 Å². The van der Waals surface area contributed by atoms with E-state index in [1.54, 1.807) is 38.7 Å². The summed E-state index contributed by atoms with van der Waals surface area (Å²) in [5.41, 5.74) is 7.89. The molecule has 31 heavy (non-hydrogen) atoms. The van der Waals surface area contributed by atoms with E-state index in [9.17, 15) is 4.79 Å². The van der Waals surface area contributed by atoms with Crippen LogP contribution in [0.2, 0.25) is 0 Å². The summed E-state index contributed by atoms with van der Waals surface area (Å²) < 4.78 is 16.2. The van der Waals surface area contributed by atoms with Gasteiger partial charge in [-0.25, -0.2) is 15.4 Å². The second kappa shape index (κ2) is 9.40. The molecule has 2 N–H and O–H groups in total. The van der Waals surface area contributed by atoms with Gasteiger partial charge in [-0.15, -0.1) is 0 Å². The molecule has 0 bridgehead atoms. The predicted octanol–water partition coefficient (Wildman–Crippen LogP) is 2.53. The molecule has 3 aromatic rings. The van der Waals surface area contributed by atoms with Crippen LogP contribution in [0, 0.1) is 0 Å². The molecule has 0 spiro atoms. The number of nitrogens with one attached hydrogen (secondary N) is 2. The zero-order chi connectivity index (χ0) is 21.6. The average molecular weight is 421 g/mol. The fourth-order valence-corrected chi connectivity index (χ4v) is 2.83. The Balaban J connectivity index is 1.37. The normalized spacial score (nSPS) is 12.8. The van der Waals surface area contributed by atoms with Crippen molar-refractivity contribution in [1.29, 1.82) is 0 Å². The molecule has 1 aliphatic carbocycles. The van der Waals surface area contributed by atoms with Crippen molar-refractivity contribution in [2.75, 3.05) is 14.2 Å². The van der Waals surface area contributed by atoms with Crippen molar-refractivity contribution < 1.29 is 19.0 Å². The van der Waals surface area contributed by atoms with Crippen molar-refractivity contribution >= 4 is 5.91 Å². The highest BCUT2D eigenvalue weighted by Gasteiger charge is 2.23. The second-order valence-corrected chi connectivity index (χ2v) is 7.02. The number of benzene rings is 1. The lowest BCUT2D eigenvalue weighted by atomic mass is 10.2. The Kier molecular flexibility index (Phi) is 6.23. The molecule has 0 saturated heterocycles. The van der Waals surface area contributed by atoms with E-state index in [1.165, 1.54) is 6.20 Å². The van der Waals surface area contributed by atoms with E-state index in [-0.39, 0.29) is 11.8 Å². The first-order valence-electron chi connectivity index (χ1n) is 9.85. The molecule has 0 aliphatic heterocycles. The third kappa shape index (κ3) is 5.46. The van der Waals surface area contributed by atoms with Crippen LogP contribution in [0.5, 0.6) is 17.4 Å². The van der Waals surface area contributed by atoms with Crippen LogP contribution in [0.1, 0.15) is 28.9 Å². The topological polar surface area (TPSA) is 107 Å². The van der Waals surface area contributed by atoms with Gasteiger partial charge in [-0.05, 0) is 36.6 Å². The van der Waals surface area contributed by atoms with Gasteiger partial charge in [0.2, 0.25) is 5.88 Å². The van der Waals surface area contributed by atoms with Gasteiger partial charge in [-0.2, -0.15) is 0 Å². The first-order valence-corrected chi connectivity index (χ1v) is 9.85. The number of nitrogens with zero attached hydrogens (tertiary/aromatic N) is 3. The van der Waals surface area contributed by atoms with Crippen LogP contribution in [0.4, 0.5) is 0 Å². The third-order valence-corrected chi connectivity index (χ3v) is 4.62. The minimum absolute atomic E-state index is 0.187. The summed E-state index contributed by atoms with van der Waals surface area (Å²) in [6, 6.07) is 9.14. The van der Waals surface area contributed by atoms with Crippen molar-refractivity contribution in [3.05, 3.63) is 60.2 Å². The maximum Gasteiger partial charge on any atom is 0.285 e. The summed E-state index contributed by atoms with van der Waals surface area (Å²) in [4.78, 5) is 25.3. The van der Waals surface area contributed by atoms with Crippen LogP contribution in [-0.4, -0.2) is 41.2 Å². The van der Waals surface area contributed by atoms with Gasteiger partial charge in [0.05, 0.1) is 32.3 Å². The van der Waals surface area contributed by atoms with Gasteiger partial charge in [-0.3, -0.25) is 15.2 Å². The Hall–Kier alpha value is -3.72. The number of rotatable bonds is 9. The lowest BCUT2D eigenvalue weighted by molar-refractivity contribution is 0.0927. The van der Waals surface area contributed by atoms with E-state index in [4.69, 9.17) is 14.2 Å². The lowest BCUT2D eigenvalue weighted by Crippen LogP contribution is -2.37. The van der Waals surface area contributed by atoms with Crippen LogP contribution in [0.25, 0.3) is 11.3 Å². The summed E-state index contributed by atoms with van der Waals surface area (Å²) in [7, 11) is 3.17. The van der Waals surface area contributed by atoms with E-state index < -0.39 is 5.91 Å². The number of pyridine rings is 1. The second-order valence-electron chi connectivity index (χ2n) is 7.02. The molecule has 2 heterocycles. The first-order chi connectivity index (χ1) is 15.1. The Morgan fingerprint density at radius 1 is 1.06 bits per heavy atom. The van der Waals surface area contributed by atoms with Crippen LogP contribution >= 0.6 is 0 Å². The number of hydrazine groups is 1. The Morgan fingerprint density at radius 2 is 1.84 bits per heavy atom. The summed E-state index contributed by atoms with van der Waals surface area (Å²) >= 11 is 0. The summed E-state index contributed by atoms with van der Waals surface area (Å²) in [5.74, 6) is 1.53. The SMILES string of the molecule is COc1cc(CNNC(=O)c2cncc(-c3ccc(OC4CC4)nc3)n2)cc(OC)c1. The number of carbonyl (C=O) groups is 1. The van der Waals surface area contributed by atoms with Crippen molar-refractivity contribution in [3.63, 3.8) is 0 Å². The number of aromatic nitrogens is 3. The predicted molar refractivity (Wildman–Crippen MR) is 113 cm³/mol. The molecule has 9 nitrogen and oxygen atoms in total. The van der Waals surface area contributed by atoms with Crippen molar-refractivity contribution in [2.24, 2.45) is 0 Å². The Morgan fingerprint density at radius 3 is 2.48 bits per heavy atom. The first kappa shape index (κ1) is 20.5. The van der Waals surface area contributed by atoms with Crippen molar-refractivity contribution in [1.82, 2.24) is 25.8 Å². The minimum Gasteiger partial charge on any atom is -0.497 e. The maximum absolute atomic E-state index is 12.5. The molecule has 2 aromatic heterocycles. The highest BCUT2D eigenvalue weighted by Crippen LogP contribution is 2.26. The smallest absolute Gasteiger partial charge is 0.285 e. The number of methoxy groups -OCH3 is 2. The molecule has 1 amide bonds. The largest absolute Gasteiger partial charge is 0.497 e. The fourth-order valence-electron chi connectivity index (χ4n) is 2.83. The average Bonchev–Trinajstić information content (AvgIpc) is 3.63. The molecule has 0 atom stereocenters. The molecule has 1 fully saturated rings. The number of amides is 1. The molecule has 9 heteroatoms. The lowest BCUT2D eigenvalue weighted by Gasteiger charge is -2.10. The highest BCUT2D eigenvalue weighted by atomic mass is 16.5. The van der Waals surface area contributed by atoms with Crippen LogP contribution in [0.15, 0.2) is 48.9 Å². The maximum atomic E-state index is 12.5. The molecule has 160 valence electrons. The monoisotopic (exact) mass is 421 g/mol. The molecular formula is C22H23N5O4. The molecule has 1 saturated carbocycles. The molecule has 1 aliphatic rings. The molecule has 0 unspecified atom stereocenters. The Bertz CT molecular complexity index is 1030. The van der Waals surface area contributed by atoms with Gasteiger partial charge >= 0.3 is 0 Å². The third-order valence-electron chi connectivity index (χ3n) is 4.62. The van der Waals surface area contributed by atoms with Gasteiger partial charge in [0.25, 0.3) is 5.91 Å². The highest BCUT2D eigenvalue weighted by molar-refractivity contribution is 5.92. The quantitative estimate of drug-likeness (QED) is 0.508. The number of carbonyl (C=O) groups excluding carboxylic acids is 1. The Labute approximate surface area is 179 Å². The summed E-state index contributed by atoms with van der Waals surface area (Å²) in [6.07, 6.45) is 7.10. The van der Waals surface area contributed by atoms with Gasteiger partial charge < -0.3 is 14.2 Å². The molecule has 4 rings (SSSR count). The van der Waals surface area contributed by atoms with Gasteiger partial charge in [0.1, 0.15) is 23.3 Å². The van der Waals surface area contributed by atoms with Crippen LogP contribution < -0.4 is 25.1 Å². The number of hydrogen-bond acceptors (Lipinski definition) is 8. The fraction of sp³-hybridized carbons (Fsp3) is 0.273. The zero-order valence-electron chi connectivity index (χ0n) is 17.3. The minimum atomic E-state index is -0.397. The molecule has 1 aromatic carbocycles. The molecule has 0 radical (unpaired) electrons. The summed E-state index contributed by atoms with van der Waals surface area (Å²) in [5, 5.41) is 0. The number of hydrogen-bond donors (Lipinski definition) is 2. The van der Waals surface area contributed by atoms with Crippen molar-refractivity contribution in [2.45, 2.75) is 25.5 Å². The van der Waals surface area contributed by atoms with E-state index in [2.05, 4.69) is 25.8 Å². The van der Waals surface area contributed by atoms with Crippen molar-refractivity contribution in [3.8, 4) is 28.6 Å². The van der Waals surface area contributed by atoms with E-state index in [1.807, 2.05) is 18.2 Å². The van der Waals surface area contributed by atoms with Crippen LogP contribution in [-0.2, 0) is 6.54 Å². The standard InChI is InChI=1S/C22H23N5O4/c1-29-17-7-14(8-18(9-17)30-2)10-25-27-22(28)20-13-23-12-19(26-20)15-3-6-21(24-11-15)31-16-4-5-16/h3,6-9,11-13,16,25H,4-5,10H2,1-2H3,(H,27,28). The summed E-state index contributed by atoms with van der Waals surface area (Å²) in [6.45, 7) is 0.374. The van der Waals surface area contributed by atoms with Gasteiger partial charge in [0.15, 0.2) is 0 Å².